The Morgan fingerprint density at radius 3 is 2.54 bits per heavy atom. The largest absolute Gasteiger partial charge is 0.481 e. The highest BCUT2D eigenvalue weighted by molar-refractivity contribution is 5.97. The van der Waals surface area contributed by atoms with E-state index in [-0.39, 0.29) is 18.4 Å². The second-order valence-corrected chi connectivity index (χ2v) is 7.02. The summed E-state index contributed by atoms with van der Waals surface area (Å²) in [6.45, 7) is 1.26. The van der Waals surface area contributed by atoms with E-state index in [0.717, 1.165) is 5.56 Å². The molecule has 2 amide bonds. The van der Waals surface area contributed by atoms with Crippen molar-refractivity contribution >= 4 is 17.8 Å². The summed E-state index contributed by atoms with van der Waals surface area (Å²) in [5, 5.41) is 13.2. The van der Waals surface area contributed by atoms with Gasteiger partial charge in [0, 0.05) is 38.1 Å². The molecule has 1 saturated heterocycles. The minimum absolute atomic E-state index is 0.0350. The number of carbonyl (C=O) groups is 3. The van der Waals surface area contributed by atoms with Gasteiger partial charge in [0.05, 0.1) is 19.0 Å². The van der Waals surface area contributed by atoms with Crippen molar-refractivity contribution in [1.82, 2.24) is 19.6 Å². The molecule has 0 atom stereocenters. The maximum absolute atomic E-state index is 12.9. The monoisotopic (exact) mass is 384 g/mol. The lowest BCUT2D eigenvalue weighted by atomic mass is 9.97. The summed E-state index contributed by atoms with van der Waals surface area (Å²) in [6.07, 6.45) is 4.41. The van der Waals surface area contributed by atoms with Crippen LogP contribution in [0.4, 0.5) is 0 Å². The predicted octanol–water partition coefficient (Wildman–Crippen LogP) is 1.33. The molecule has 2 aromatic rings. The van der Waals surface area contributed by atoms with E-state index in [1.807, 2.05) is 24.4 Å². The van der Waals surface area contributed by atoms with E-state index >= 15 is 0 Å². The fourth-order valence-corrected chi connectivity index (χ4v) is 3.39. The summed E-state index contributed by atoms with van der Waals surface area (Å²) in [5.41, 5.74) is 1.37. The average molecular weight is 384 g/mol. The third-order valence-corrected chi connectivity index (χ3v) is 5.06. The number of likely N-dealkylation sites (N-methyl/N-ethyl adjacent to an activating group) is 1. The fourth-order valence-electron chi connectivity index (χ4n) is 3.39. The number of carbonyl (C=O) groups excluding carboxylic acids is 2. The van der Waals surface area contributed by atoms with Gasteiger partial charge in [0.15, 0.2) is 0 Å². The van der Waals surface area contributed by atoms with E-state index in [1.54, 1.807) is 35.0 Å². The second-order valence-electron chi connectivity index (χ2n) is 7.02. The molecule has 148 valence electrons. The van der Waals surface area contributed by atoms with Gasteiger partial charge in [-0.1, -0.05) is 18.2 Å². The van der Waals surface area contributed by atoms with Gasteiger partial charge in [0.2, 0.25) is 5.91 Å². The Hall–Kier alpha value is -3.16. The molecule has 1 aromatic heterocycles. The molecule has 0 unspecified atom stereocenters. The Balaban J connectivity index is 1.62. The molecule has 1 aromatic carbocycles. The average Bonchev–Trinajstić information content (AvgIpc) is 3.21. The quantitative estimate of drug-likeness (QED) is 0.811. The lowest BCUT2D eigenvalue weighted by molar-refractivity contribution is -0.145. The van der Waals surface area contributed by atoms with Gasteiger partial charge < -0.3 is 14.9 Å². The zero-order valence-electron chi connectivity index (χ0n) is 15.8. The highest BCUT2D eigenvalue weighted by Gasteiger charge is 2.28. The predicted molar refractivity (Wildman–Crippen MR) is 102 cm³/mol. The van der Waals surface area contributed by atoms with Gasteiger partial charge in [-0.3, -0.25) is 19.1 Å². The second kappa shape index (κ2) is 8.69. The summed E-state index contributed by atoms with van der Waals surface area (Å²) in [4.78, 5) is 39.5. The summed E-state index contributed by atoms with van der Waals surface area (Å²) < 4.78 is 1.74. The Bertz CT molecular complexity index is 842. The zero-order valence-corrected chi connectivity index (χ0v) is 15.8. The van der Waals surface area contributed by atoms with Gasteiger partial charge in [-0.2, -0.15) is 5.10 Å². The van der Waals surface area contributed by atoms with Crippen LogP contribution in [0.5, 0.6) is 0 Å². The molecule has 3 rings (SSSR count). The van der Waals surface area contributed by atoms with Crippen LogP contribution in [0.1, 0.15) is 28.8 Å². The van der Waals surface area contributed by atoms with Gasteiger partial charge >= 0.3 is 5.97 Å². The number of nitrogens with zero attached hydrogens (tertiary/aromatic N) is 4. The van der Waals surface area contributed by atoms with Crippen LogP contribution in [-0.4, -0.2) is 69.2 Å². The van der Waals surface area contributed by atoms with E-state index in [2.05, 4.69) is 5.10 Å². The van der Waals surface area contributed by atoms with Crippen LogP contribution >= 0.6 is 0 Å². The van der Waals surface area contributed by atoms with Crippen molar-refractivity contribution < 1.29 is 19.5 Å². The number of hydrogen-bond donors (Lipinski definition) is 1. The van der Waals surface area contributed by atoms with Crippen molar-refractivity contribution in [3.05, 3.63) is 53.9 Å². The number of carboxylic acid groups (broad SMARTS) is 1. The highest BCUT2D eigenvalue weighted by atomic mass is 16.4. The Morgan fingerprint density at radius 2 is 1.89 bits per heavy atom. The van der Waals surface area contributed by atoms with Crippen LogP contribution < -0.4 is 0 Å². The molecule has 8 heteroatoms. The topological polar surface area (TPSA) is 95.7 Å². The van der Waals surface area contributed by atoms with Crippen LogP contribution in [0.2, 0.25) is 0 Å². The van der Waals surface area contributed by atoms with Crippen molar-refractivity contribution in [2.24, 2.45) is 5.92 Å². The lowest BCUT2D eigenvalue weighted by Crippen LogP contribution is -2.45. The minimum Gasteiger partial charge on any atom is -0.481 e. The molecular weight excluding hydrogens is 360 g/mol. The molecule has 0 spiro atoms. The SMILES string of the molecule is CN(CC(=O)N1CCC(C(=O)O)CC1)C(=O)c1ccccc1Cn1cccn1. The van der Waals surface area contributed by atoms with E-state index in [1.165, 1.54) is 4.90 Å². The van der Waals surface area contributed by atoms with Crippen molar-refractivity contribution in [3.8, 4) is 0 Å². The lowest BCUT2D eigenvalue weighted by Gasteiger charge is -2.31. The Morgan fingerprint density at radius 1 is 1.18 bits per heavy atom. The molecule has 0 aliphatic carbocycles. The normalized spacial score (nSPS) is 14.7. The molecule has 8 nitrogen and oxygen atoms in total. The molecule has 28 heavy (non-hydrogen) atoms. The molecule has 1 aliphatic heterocycles. The molecule has 1 fully saturated rings. The maximum atomic E-state index is 12.9. The summed E-state index contributed by atoms with van der Waals surface area (Å²) in [7, 11) is 1.61. The number of aromatic nitrogens is 2. The molecule has 0 bridgehead atoms. The Labute approximate surface area is 163 Å². The highest BCUT2D eigenvalue weighted by Crippen LogP contribution is 2.18. The maximum Gasteiger partial charge on any atom is 0.306 e. The van der Waals surface area contributed by atoms with E-state index in [0.29, 0.717) is 38.0 Å². The van der Waals surface area contributed by atoms with Gasteiger partial charge in [0.1, 0.15) is 0 Å². The molecule has 2 heterocycles. The summed E-state index contributed by atoms with van der Waals surface area (Å²) in [6, 6.07) is 9.12. The van der Waals surface area contributed by atoms with Gasteiger partial charge in [-0.15, -0.1) is 0 Å². The number of carboxylic acids is 1. The van der Waals surface area contributed by atoms with Crippen LogP contribution in [0, 0.1) is 5.92 Å². The summed E-state index contributed by atoms with van der Waals surface area (Å²) in [5.74, 6) is -1.59. The van der Waals surface area contributed by atoms with E-state index in [4.69, 9.17) is 5.11 Å². The summed E-state index contributed by atoms with van der Waals surface area (Å²) >= 11 is 0. The first-order valence-corrected chi connectivity index (χ1v) is 9.27. The molecule has 0 saturated carbocycles. The van der Waals surface area contributed by atoms with Crippen molar-refractivity contribution in [2.45, 2.75) is 19.4 Å². The van der Waals surface area contributed by atoms with Crippen LogP contribution in [0.15, 0.2) is 42.7 Å². The van der Waals surface area contributed by atoms with Crippen molar-refractivity contribution in [3.63, 3.8) is 0 Å². The third-order valence-electron chi connectivity index (χ3n) is 5.06. The number of aliphatic carboxylic acids is 1. The molecular formula is C20H24N4O4. The standard InChI is InChI=1S/C20H24N4O4/c1-22(14-18(25)23-11-7-15(8-12-23)20(27)28)19(26)17-6-3-2-5-16(17)13-24-10-4-9-21-24/h2-6,9-10,15H,7-8,11-14H2,1H3,(H,27,28). The Kier molecular flexibility index (Phi) is 6.08. The first kappa shape index (κ1) is 19.6. The fraction of sp³-hybridized carbons (Fsp3) is 0.400. The van der Waals surface area contributed by atoms with Gasteiger partial charge in [-0.05, 0) is 30.5 Å². The van der Waals surface area contributed by atoms with E-state index < -0.39 is 11.9 Å². The van der Waals surface area contributed by atoms with Crippen LogP contribution in [-0.2, 0) is 16.1 Å². The van der Waals surface area contributed by atoms with Crippen LogP contribution in [0.25, 0.3) is 0 Å². The zero-order chi connectivity index (χ0) is 20.1. The first-order chi connectivity index (χ1) is 13.5. The first-order valence-electron chi connectivity index (χ1n) is 9.27. The van der Waals surface area contributed by atoms with Crippen LogP contribution in [0.3, 0.4) is 0 Å². The third kappa shape index (κ3) is 4.57. The number of likely N-dealkylation sites (tertiary alicyclic amines) is 1. The van der Waals surface area contributed by atoms with Crippen molar-refractivity contribution in [2.75, 3.05) is 26.7 Å². The molecule has 1 aliphatic rings. The van der Waals surface area contributed by atoms with Gasteiger partial charge in [0.25, 0.3) is 5.91 Å². The number of amides is 2. The number of benzene rings is 1. The number of rotatable bonds is 6. The van der Waals surface area contributed by atoms with E-state index in [9.17, 15) is 14.4 Å². The minimum atomic E-state index is -0.812. The van der Waals surface area contributed by atoms with Gasteiger partial charge in [-0.25, -0.2) is 0 Å². The smallest absolute Gasteiger partial charge is 0.306 e. The number of hydrogen-bond acceptors (Lipinski definition) is 4. The molecule has 0 radical (unpaired) electrons. The number of piperidine rings is 1. The molecule has 1 N–H and O–H groups in total. The van der Waals surface area contributed by atoms with Crippen molar-refractivity contribution in [1.29, 1.82) is 0 Å².